The summed E-state index contributed by atoms with van der Waals surface area (Å²) >= 11 is 0. The Morgan fingerprint density at radius 1 is 1.07 bits per heavy atom. The largest absolute Gasteiger partial charge is 0.0674 e. The Balaban J connectivity index is 2.34. The van der Waals surface area contributed by atoms with Gasteiger partial charge in [-0.05, 0) is 49.0 Å². The van der Waals surface area contributed by atoms with Crippen LogP contribution in [-0.4, -0.2) is 0 Å². The molecule has 0 fully saturated rings. The number of allylic oxidation sites excluding steroid dienone is 4. The lowest BCUT2D eigenvalue weighted by molar-refractivity contribution is 0.568. The lowest BCUT2D eigenvalue weighted by Gasteiger charge is -2.13. The van der Waals surface area contributed by atoms with E-state index in [9.17, 15) is 0 Å². The minimum absolute atomic E-state index is 0.733. The maximum absolute atomic E-state index is 2.54. The van der Waals surface area contributed by atoms with Gasteiger partial charge in [0.1, 0.15) is 0 Å². The van der Waals surface area contributed by atoms with Gasteiger partial charge in [-0.15, -0.1) is 0 Å². The van der Waals surface area contributed by atoms with Gasteiger partial charge in [0, 0.05) is 0 Å². The Morgan fingerprint density at radius 2 is 1.73 bits per heavy atom. The van der Waals surface area contributed by atoms with Gasteiger partial charge in [0.15, 0.2) is 0 Å². The lowest BCUT2D eigenvalue weighted by atomic mass is 9.92. The van der Waals surface area contributed by atoms with Crippen molar-refractivity contribution in [3.8, 4) is 0 Å². The van der Waals surface area contributed by atoms with E-state index in [4.69, 9.17) is 0 Å². The van der Waals surface area contributed by atoms with Gasteiger partial charge in [0.25, 0.3) is 0 Å². The number of hydrogen-bond acceptors (Lipinski definition) is 0. The summed E-state index contributed by atoms with van der Waals surface area (Å²) in [6.07, 6.45) is 7.98. The van der Waals surface area contributed by atoms with E-state index in [0.29, 0.717) is 0 Å². The van der Waals surface area contributed by atoms with Crippen LogP contribution in [-0.2, 0) is 0 Å². The first-order valence-electron chi connectivity index (χ1n) is 6.53. The Morgan fingerprint density at radius 3 is 2.40 bits per heavy atom. The molecule has 0 aromatic heterocycles. The molecule has 0 radical (unpaired) electrons. The Kier molecular flexibility index (Phi) is 3.04. The molecule has 0 unspecified atom stereocenters. The molecule has 2 aliphatic carbocycles. The molecule has 0 saturated carbocycles. The Hall–Kier alpha value is -0.520. The molecule has 0 heterocycles. The minimum Gasteiger partial charge on any atom is -0.0674 e. The monoisotopic (exact) mass is 204 g/mol. The van der Waals surface area contributed by atoms with E-state index in [0.717, 1.165) is 17.8 Å². The van der Waals surface area contributed by atoms with Crippen molar-refractivity contribution in [2.24, 2.45) is 17.8 Å². The van der Waals surface area contributed by atoms with Crippen molar-refractivity contribution in [2.75, 3.05) is 0 Å². The van der Waals surface area contributed by atoms with Crippen LogP contribution in [0.5, 0.6) is 0 Å². The van der Waals surface area contributed by atoms with Gasteiger partial charge >= 0.3 is 0 Å². The Bertz CT molecular complexity index is 304. The van der Waals surface area contributed by atoms with Crippen molar-refractivity contribution >= 4 is 0 Å². The number of rotatable bonds is 1. The van der Waals surface area contributed by atoms with Crippen LogP contribution in [0.3, 0.4) is 0 Å². The van der Waals surface area contributed by atoms with Crippen LogP contribution in [0.15, 0.2) is 22.8 Å². The SMILES string of the molecule is CC(C)C1=CC2=C(CC[C@@H]2C)[C@H](C)CC1. The minimum atomic E-state index is 0.733. The molecule has 2 aliphatic rings. The van der Waals surface area contributed by atoms with Gasteiger partial charge in [-0.1, -0.05) is 44.9 Å². The van der Waals surface area contributed by atoms with E-state index in [2.05, 4.69) is 33.8 Å². The maximum Gasteiger partial charge on any atom is -0.0188 e. The summed E-state index contributed by atoms with van der Waals surface area (Å²) in [6, 6.07) is 0. The molecule has 0 saturated heterocycles. The van der Waals surface area contributed by atoms with E-state index < -0.39 is 0 Å². The van der Waals surface area contributed by atoms with Crippen LogP contribution in [0.25, 0.3) is 0 Å². The average Bonchev–Trinajstić information content (AvgIpc) is 2.43. The summed E-state index contributed by atoms with van der Waals surface area (Å²) in [4.78, 5) is 0. The maximum atomic E-state index is 2.54. The summed E-state index contributed by atoms with van der Waals surface area (Å²) in [7, 11) is 0. The molecule has 15 heavy (non-hydrogen) atoms. The van der Waals surface area contributed by atoms with E-state index in [1.54, 1.807) is 16.7 Å². The quantitative estimate of drug-likeness (QED) is 0.579. The van der Waals surface area contributed by atoms with E-state index in [-0.39, 0.29) is 0 Å². The summed E-state index contributed by atoms with van der Waals surface area (Å²) in [5.74, 6) is 2.38. The highest BCUT2D eigenvalue weighted by atomic mass is 14.3. The second-order valence-corrected chi connectivity index (χ2v) is 5.73. The molecule has 0 nitrogen and oxygen atoms in total. The molecule has 0 amide bonds. The first-order valence-corrected chi connectivity index (χ1v) is 6.53. The zero-order chi connectivity index (χ0) is 11.0. The van der Waals surface area contributed by atoms with E-state index in [1.807, 2.05) is 0 Å². The second kappa shape index (κ2) is 4.15. The van der Waals surface area contributed by atoms with Crippen molar-refractivity contribution < 1.29 is 0 Å². The smallest absolute Gasteiger partial charge is 0.0188 e. The molecule has 0 aromatic carbocycles. The zero-order valence-electron chi connectivity index (χ0n) is 10.6. The molecule has 0 aromatic rings. The highest BCUT2D eigenvalue weighted by Gasteiger charge is 2.26. The predicted molar refractivity (Wildman–Crippen MR) is 66.7 cm³/mol. The fraction of sp³-hybridized carbons (Fsp3) is 0.733. The molecule has 2 rings (SSSR count). The van der Waals surface area contributed by atoms with Crippen molar-refractivity contribution in [1.82, 2.24) is 0 Å². The first-order chi connectivity index (χ1) is 7.09. The molecule has 0 spiro atoms. The standard InChI is InChI=1S/C15H24/c1-10(2)13-7-5-11(3)14-8-6-12(4)15(14)9-13/h9-12H,5-8H2,1-4H3/t11-,12+/m1/s1. The van der Waals surface area contributed by atoms with Gasteiger partial charge < -0.3 is 0 Å². The van der Waals surface area contributed by atoms with Crippen LogP contribution in [0, 0.1) is 17.8 Å². The summed E-state index contributed by atoms with van der Waals surface area (Å²) < 4.78 is 0. The number of hydrogen-bond donors (Lipinski definition) is 0. The highest BCUT2D eigenvalue weighted by Crippen LogP contribution is 2.42. The van der Waals surface area contributed by atoms with Crippen molar-refractivity contribution in [3.05, 3.63) is 22.8 Å². The zero-order valence-corrected chi connectivity index (χ0v) is 10.6. The topological polar surface area (TPSA) is 0 Å². The van der Waals surface area contributed by atoms with Crippen LogP contribution in [0.4, 0.5) is 0 Å². The molecule has 0 N–H and O–H groups in total. The summed E-state index contributed by atoms with van der Waals surface area (Å²) in [5, 5.41) is 0. The van der Waals surface area contributed by atoms with Crippen molar-refractivity contribution in [2.45, 2.75) is 53.4 Å². The molecule has 84 valence electrons. The van der Waals surface area contributed by atoms with Crippen LogP contribution < -0.4 is 0 Å². The van der Waals surface area contributed by atoms with Gasteiger partial charge in [-0.25, -0.2) is 0 Å². The molecule has 2 atom stereocenters. The second-order valence-electron chi connectivity index (χ2n) is 5.73. The lowest BCUT2D eigenvalue weighted by Crippen LogP contribution is -1.99. The average molecular weight is 204 g/mol. The highest BCUT2D eigenvalue weighted by molar-refractivity contribution is 5.37. The van der Waals surface area contributed by atoms with Crippen LogP contribution in [0.2, 0.25) is 0 Å². The summed E-state index contributed by atoms with van der Waals surface area (Å²) in [6.45, 7) is 9.49. The third-order valence-corrected chi connectivity index (χ3v) is 4.29. The van der Waals surface area contributed by atoms with Gasteiger partial charge in [-0.2, -0.15) is 0 Å². The predicted octanol–water partition coefficient (Wildman–Crippen LogP) is 4.73. The molecular formula is C15H24. The molecule has 0 bridgehead atoms. The van der Waals surface area contributed by atoms with Gasteiger partial charge in [-0.3, -0.25) is 0 Å². The van der Waals surface area contributed by atoms with Crippen LogP contribution >= 0.6 is 0 Å². The Labute approximate surface area is 94.5 Å². The fourth-order valence-electron chi connectivity index (χ4n) is 3.04. The third-order valence-electron chi connectivity index (χ3n) is 4.29. The third kappa shape index (κ3) is 2.04. The molecule has 0 heteroatoms. The fourth-order valence-corrected chi connectivity index (χ4v) is 3.04. The van der Waals surface area contributed by atoms with Gasteiger partial charge in [0.2, 0.25) is 0 Å². The van der Waals surface area contributed by atoms with Gasteiger partial charge in [0.05, 0.1) is 0 Å². The van der Waals surface area contributed by atoms with Crippen molar-refractivity contribution in [1.29, 1.82) is 0 Å². The van der Waals surface area contributed by atoms with E-state index in [1.165, 1.54) is 25.7 Å². The van der Waals surface area contributed by atoms with Crippen LogP contribution in [0.1, 0.15) is 53.4 Å². The molecule has 0 aliphatic heterocycles. The first kappa shape index (κ1) is 11.0. The summed E-state index contributed by atoms with van der Waals surface area (Å²) in [5.41, 5.74) is 5.16. The van der Waals surface area contributed by atoms with Crippen molar-refractivity contribution in [3.63, 3.8) is 0 Å². The van der Waals surface area contributed by atoms with E-state index >= 15 is 0 Å². The molecular weight excluding hydrogens is 180 g/mol. The normalized spacial score (nSPS) is 31.7.